The molecular formula is C22H21NO6S2. The van der Waals surface area contributed by atoms with Crippen molar-refractivity contribution in [3.05, 3.63) is 65.6 Å². The number of esters is 1. The summed E-state index contributed by atoms with van der Waals surface area (Å²) in [6.07, 6.45) is 2.63. The minimum Gasteiger partial charge on any atom is -0.493 e. The molecule has 0 aliphatic rings. The summed E-state index contributed by atoms with van der Waals surface area (Å²) in [7, 11) is -0.0474. The van der Waals surface area contributed by atoms with E-state index in [4.69, 9.17) is 9.47 Å². The molecule has 9 heteroatoms. The molecule has 162 valence electrons. The lowest BCUT2D eigenvalue weighted by atomic mass is 10.1. The molecule has 1 aromatic heterocycles. The predicted molar refractivity (Wildman–Crippen MR) is 121 cm³/mol. The van der Waals surface area contributed by atoms with Gasteiger partial charge in [-0.15, -0.1) is 11.3 Å². The predicted octanol–water partition coefficient (Wildman–Crippen LogP) is 4.42. The Kier molecular flexibility index (Phi) is 6.98. The maximum absolute atomic E-state index is 13.4. The highest BCUT2D eigenvalue weighted by molar-refractivity contribution is 7.92. The van der Waals surface area contributed by atoms with E-state index < -0.39 is 16.0 Å². The molecule has 0 amide bonds. The van der Waals surface area contributed by atoms with Crippen LogP contribution in [0, 0.1) is 0 Å². The monoisotopic (exact) mass is 459 g/mol. The third-order valence-corrected chi connectivity index (χ3v) is 6.60. The van der Waals surface area contributed by atoms with E-state index in [1.807, 2.05) is 29.6 Å². The first kappa shape index (κ1) is 22.4. The topological polar surface area (TPSA) is 90.9 Å². The minimum absolute atomic E-state index is 0.0545. The van der Waals surface area contributed by atoms with Gasteiger partial charge >= 0.3 is 5.97 Å². The second kappa shape index (κ2) is 9.67. The number of hydrogen-bond donors (Lipinski definition) is 1. The second-order valence-corrected chi connectivity index (χ2v) is 8.84. The van der Waals surface area contributed by atoms with E-state index in [0.29, 0.717) is 11.3 Å². The molecular weight excluding hydrogens is 438 g/mol. The quantitative estimate of drug-likeness (QED) is 0.396. The second-order valence-electron chi connectivity index (χ2n) is 6.24. The minimum atomic E-state index is -4.07. The van der Waals surface area contributed by atoms with E-state index in [1.165, 1.54) is 50.9 Å². The van der Waals surface area contributed by atoms with Crippen LogP contribution in [0.2, 0.25) is 0 Å². The molecule has 7 nitrogen and oxygen atoms in total. The molecule has 0 radical (unpaired) electrons. The van der Waals surface area contributed by atoms with Crippen LogP contribution >= 0.6 is 11.3 Å². The maximum atomic E-state index is 13.4. The van der Waals surface area contributed by atoms with Crippen molar-refractivity contribution in [2.75, 3.05) is 26.1 Å². The normalized spacial score (nSPS) is 11.3. The molecule has 3 rings (SSSR count). The summed E-state index contributed by atoms with van der Waals surface area (Å²) in [6, 6.07) is 13.9. The Balaban J connectivity index is 2.08. The van der Waals surface area contributed by atoms with Crippen LogP contribution < -0.4 is 14.2 Å². The van der Waals surface area contributed by atoms with Crippen LogP contribution in [-0.4, -0.2) is 35.7 Å². The fourth-order valence-electron chi connectivity index (χ4n) is 2.90. The first-order chi connectivity index (χ1) is 14.9. The molecule has 1 N–H and O–H groups in total. The highest BCUT2D eigenvalue weighted by Crippen LogP contribution is 2.38. The Morgan fingerprint density at radius 3 is 2.45 bits per heavy atom. The maximum Gasteiger partial charge on any atom is 0.330 e. The summed E-state index contributed by atoms with van der Waals surface area (Å²) >= 11 is 1.51. The van der Waals surface area contributed by atoms with E-state index >= 15 is 0 Å². The van der Waals surface area contributed by atoms with Gasteiger partial charge < -0.3 is 14.2 Å². The van der Waals surface area contributed by atoms with E-state index in [9.17, 15) is 13.2 Å². The Bertz CT molecular complexity index is 1200. The van der Waals surface area contributed by atoms with Crippen molar-refractivity contribution in [2.24, 2.45) is 0 Å². The number of hydrogen-bond acceptors (Lipinski definition) is 7. The number of anilines is 1. The molecule has 0 unspecified atom stereocenters. The van der Waals surface area contributed by atoms with E-state index in [2.05, 4.69) is 9.46 Å². The molecule has 1 heterocycles. The third-order valence-electron chi connectivity index (χ3n) is 4.33. The lowest BCUT2D eigenvalue weighted by Crippen LogP contribution is -2.15. The summed E-state index contributed by atoms with van der Waals surface area (Å²) in [5, 5.41) is 1.92. The van der Waals surface area contributed by atoms with Crippen LogP contribution in [0.5, 0.6) is 11.5 Å². The van der Waals surface area contributed by atoms with Gasteiger partial charge in [0.25, 0.3) is 10.0 Å². The van der Waals surface area contributed by atoms with E-state index in [0.717, 1.165) is 10.4 Å². The lowest BCUT2D eigenvalue weighted by Gasteiger charge is -2.16. The summed E-state index contributed by atoms with van der Waals surface area (Å²) in [6.45, 7) is 0. The van der Waals surface area contributed by atoms with E-state index in [-0.39, 0.29) is 16.4 Å². The van der Waals surface area contributed by atoms with Crippen LogP contribution in [0.15, 0.2) is 64.9 Å². The van der Waals surface area contributed by atoms with Gasteiger partial charge in [0.2, 0.25) is 0 Å². The fourth-order valence-corrected chi connectivity index (χ4v) is 4.96. The molecule has 0 aliphatic carbocycles. The molecule has 3 aromatic rings. The molecule has 0 spiro atoms. The Morgan fingerprint density at radius 1 is 1.03 bits per heavy atom. The van der Waals surface area contributed by atoms with E-state index in [1.54, 1.807) is 18.2 Å². The van der Waals surface area contributed by atoms with Crippen molar-refractivity contribution in [3.63, 3.8) is 0 Å². The van der Waals surface area contributed by atoms with Crippen LogP contribution in [-0.2, 0) is 19.6 Å². The van der Waals surface area contributed by atoms with Gasteiger partial charge in [0.1, 0.15) is 4.90 Å². The fraction of sp³-hybridized carbons (Fsp3) is 0.136. The van der Waals surface area contributed by atoms with Gasteiger partial charge in [-0.3, -0.25) is 4.72 Å². The summed E-state index contributed by atoms with van der Waals surface area (Å²) in [5.74, 6) is -0.303. The average Bonchev–Trinajstić information content (AvgIpc) is 3.31. The molecule has 0 aliphatic heterocycles. The van der Waals surface area contributed by atoms with Crippen molar-refractivity contribution in [1.29, 1.82) is 0 Å². The lowest BCUT2D eigenvalue weighted by molar-refractivity contribution is -0.134. The Morgan fingerprint density at radius 2 is 1.81 bits per heavy atom. The highest BCUT2D eigenvalue weighted by atomic mass is 32.2. The number of carbonyl (C=O) groups excluding carboxylic acids is 1. The number of benzene rings is 2. The van der Waals surface area contributed by atoms with Crippen molar-refractivity contribution in [3.8, 4) is 21.9 Å². The number of sulfonamides is 1. The SMILES string of the molecule is COC(=O)/C=C\c1cc(OC)c(OC)c(S(=O)(=O)Nc2ccccc2-c2cccs2)c1. The van der Waals surface area contributed by atoms with Gasteiger partial charge in [-0.25, -0.2) is 13.2 Å². The van der Waals surface area contributed by atoms with Gasteiger partial charge in [0, 0.05) is 16.5 Å². The molecule has 31 heavy (non-hydrogen) atoms. The molecule has 2 aromatic carbocycles. The summed E-state index contributed by atoms with van der Waals surface area (Å²) in [5.41, 5.74) is 1.62. The van der Waals surface area contributed by atoms with Crippen molar-refractivity contribution in [2.45, 2.75) is 4.90 Å². The number of methoxy groups -OCH3 is 3. The zero-order chi connectivity index (χ0) is 22.4. The number of nitrogens with one attached hydrogen (secondary N) is 1. The summed E-state index contributed by atoms with van der Waals surface area (Å²) in [4.78, 5) is 12.2. The number of para-hydroxylation sites is 1. The van der Waals surface area contributed by atoms with Gasteiger partial charge in [-0.1, -0.05) is 24.3 Å². The van der Waals surface area contributed by atoms with Gasteiger partial charge in [0.15, 0.2) is 11.5 Å². The number of carbonyl (C=O) groups is 1. The first-order valence-electron chi connectivity index (χ1n) is 9.07. The van der Waals surface area contributed by atoms with Crippen molar-refractivity contribution < 1.29 is 27.4 Å². The number of rotatable bonds is 8. The number of ether oxygens (including phenoxy) is 3. The van der Waals surface area contributed by atoms with Crippen LogP contribution in [0.25, 0.3) is 16.5 Å². The van der Waals surface area contributed by atoms with Crippen LogP contribution in [0.4, 0.5) is 5.69 Å². The Hall–Kier alpha value is -3.30. The molecule has 0 atom stereocenters. The number of thiophene rings is 1. The van der Waals surface area contributed by atoms with Crippen LogP contribution in [0.1, 0.15) is 5.56 Å². The molecule has 0 bridgehead atoms. The standard InChI is InChI=1S/C22H21NO6S2/c1-27-18-13-15(10-11-21(24)28-2)14-20(22(18)29-3)31(25,26)23-17-8-5-4-7-16(17)19-9-6-12-30-19/h4-14,23H,1-3H3/b11-10-. The van der Waals surface area contributed by atoms with Gasteiger partial charge in [-0.05, 0) is 41.3 Å². The average molecular weight is 460 g/mol. The Labute approximate surface area is 184 Å². The van der Waals surface area contributed by atoms with Gasteiger partial charge in [-0.2, -0.15) is 0 Å². The smallest absolute Gasteiger partial charge is 0.330 e. The zero-order valence-electron chi connectivity index (χ0n) is 17.1. The van der Waals surface area contributed by atoms with Gasteiger partial charge in [0.05, 0.1) is 27.0 Å². The zero-order valence-corrected chi connectivity index (χ0v) is 18.7. The highest BCUT2D eigenvalue weighted by Gasteiger charge is 2.25. The van der Waals surface area contributed by atoms with Crippen molar-refractivity contribution in [1.82, 2.24) is 0 Å². The van der Waals surface area contributed by atoms with Crippen molar-refractivity contribution >= 4 is 39.1 Å². The molecule has 0 fully saturated rings. The molecule has 0 saturated carbocycles. The molecule has 0 saturated heterocycles. The third kappa shape index (κ3) is 5.07. The summed E-state index contributed by atoms with van der Waals surface area (Å²) < 4.78 is 44.6. The van der Waals surface area contributed by atoms with Crippen LogP contribution in [0.3, 0.4) is 0 Å². The largest absolute Gasteiger partial charge is 0.493 e. The first-order valence-corrected chi connectivity index (χ1v) is 11.4.